The van der Waals surface area contributed by atoms with E-state index in [4.69, 9.17) is 16.0 Å². The topological polar surface area (TPSA) is 96.6 Å². The average molecular weight is 420 g/mol. The molecule has 0 bridgehead atoms. The van der Waals surface area contributed by atoms with Gasteiger partial charge < -0.3 is 9.52 Å². The summed E-state index contributed by atoms with van der Waals surface area (Å²) in [6, 6.07) is 15.0. The molecule has 0 aliphatic carbocycles. The van der Waals surface area contributed by atoms with Crippen LogP contribution < -0.4 is 4.72 Å². The molecule has 1 aromatic heterocycles. The standard InChI is InChI=1S/C20H18ClNO5S/c21-18-11-15(8-9-16-7-4-10-27-16)17(20(23)24)12-19(18)28(25,26)22-13-14-5-2-1-3-6-14/h1-7,10-12,22H,8-9,13H2,(H,23,24). The van der Waals surface area contributed by atoms with Crippen molar-refractivity contribution in [1.82, 2.24) is 4.72 Å². The van der Waals surface area contributed by atoms with Gasteiger partial charge in [-0.1, -0.05) is 41.9 Å². The lowest BCUT2D eigenvalue weighted by Crippen LogP contribution is -2.24. The quantitative estimate of drug-likeness (QED) is 0.577. The largest absolute Gasteiger partial charge is 0.478 e. The molecule has 3 aromatic rings. The highest BCUT2D eigenvalue weighted by Crippen LogP contribution is 2.27. The minimum absolute atomic E-state index is 0.0278. The summed E-state index contributed by atoms with van der Waals surface area (Å²) < 4.78 is 33.0. The lowest BCUT2D eigenvalue weighted by molar-refractivity contribution is 0.0695. The van der Waals surface area contributed by atoms with Crippen LogP contribution in [0.3, 0.4) is 0 Å². The summed E-state index contributed by atoms with van der Waals surface area (Å²) in [5.74, 6) is -0.515. The zero-order valence-corrected chi connectivity index (χ0v) is 16.3. The van der Waals surface area contributed by atoms with Gasteiger partial charge in [0, 0.05) is 13.0 Å². The van der Waals surface area contributed by atoms with Crippen LogP contribution in [0.15, 0.2) is 70.2 Å². The Morgan fingerprint density at radius 3 is 2.46 bits per heavy atom. The van der Waals surface area contributed by atoms with Gasteiger partial charge in [0.2, 0.25) is 10.0 Å². The Morgan fingerprint density at radius 1 is 1.07 bits per heavy atom. The van der Waals surface area contributed by atoms with E-state index in [1.807, 2.05) is 6.07 Å². The van der Waals surface area contributed by atoms with Crippen molar-refractivity contribution < 1.29 is 22.7 Å². The molecular formula is C20H18ClNO5S. The highest BCUT2D eigenvalue weighted by atomic mass is 35.5. The van der Waals surface area contributed by atoms with Gasteiger partial charge in [-0.25, -0.2) is 17.9 Å². The summed E-state index contributed by atoms with van der Waals surface area (Å²) in [5.41, 5.74) is 1.11. The number of aromatic carboxylic acids is 1. The second-order valence-corrected chi connectivity index (χ2v) is 8.28. The zero-order chi connectivity index (χ0) is 20.1. The molecule has 2 N–H and O–H groups in total. The van der Waals surface area contributed by atoms with E-state index in [9.17, 15) is 18.3 Å². The normalized spacial score (nSPS) is 11.5. The third-order valence-electron chi connectivity index (χ3n) is 4.21. The van der Waals surface area contributed by atoms with Gasteiger partial charge in [-0.15, -0.1) is 0 Å². The number of carboxylic acid groups (broad SMARTS) is 1. The number of nitrogens with one attached hydrogen (secondary N) is 1. The predicted octanol–water partition coefficient (Wildman–Crippen LogP) is 3.89. The molecule has 0 unspecified atom stereocenters. The summed E-state index contributed by atoms with van der Waals surface area (Å²) in [6.07, 6.45) is 2.36. The molecule has 0 aliphatic heterocycles. The molecule has 6 nitrogen and oxygen atoms in total. The summed E-state index contributed by atoms with van der Waals surface area (Å²) in [6.45, 7) is 0.0716. The first-order valence-corrected chi connectivity index (χ1v) is 10.3. The number of benzene rings is 2. The predicted molar refractivity (Wildman–Crippen MR) is 105 cm³/mol. The first-order chi connectivity index (χ1) is 13.4. The highest BCUT2D eigenvalue weighted by molar-refractivity contribution is 7.89. The van der Waals surface area contributed by atoms with Crippen LogP contribution >= 0.6 is 11.6 Å². The highest BCUT2D eigenvalue weighted by Gasteiger charge is 2.23. The number of rotatable bonds is 8. The smallest absolute Gasteiger partial charge is 0.336 e. The van der Waals surface area contributed by atoms with Crippen LogP contribution in [-0.2, 0) is 29.4 Å². The number of sulfonamides is 1. The number of aryl methyl sites for hydroxylation is 2. The second-order valence-electron chi connectivity index (χ2n) is 6.13. The summed E-state index contributed by atoms with van der Waals surface area (Å²) in [5, 5.41) is 9.50. The van der Waals surface area contributed by atoms with Crippen molar-refractivity contribution in [3.8, 4) is 0 Å². The molecule has 0 atom stereocenters. The lowest BCUT2D eigenvalue weighted by atomic mass is 10.0. The molecule has 0 aliphatic rings. The van der Waals surface area contributed by atoms with Crippen LogP contribution in [0, 0.1) is 0 Å². The maximum Gasteiger partial charge on any atom is 0.336 e. The molecule has 0 saturated heterocycles. The van der Waals surface area contributed by atoms with E-state index < -0.39 is 16.0 Å². The first kappa shape index (κ1) is 20.1. The minimum Gasteiger partial charge on any atom is -0.478 e. The number of halogens is 1. The van der Waals surface area contributed by atoms with E-state index in [0.717, 1.165) is 11.6 Å². The number of carbonyl (C=O) groups is 1. The lowest BCUT2D eigenvalue weighted by Gasteiger charge is -2.12. The van der Waals surface area contributed by atoms with Crippen molar-refractivity contribution in [1.29, 1.82) is 0 Å². The van der Waals surface area contributed by atoms with Crippen LogP contribution in [0.5, 0.6) is 0 Å². The van der Waals surface area contributed by atoms with Gasteiger partial charge in [0.05, 0.1) is 16.8 Å². The molecule has 28 heavy (non-hydrogen) atoms. The van der Waals surface area contributed by atoms with Crippen LogP contribution in [0.1, 0.15) is 27.2 Å². The third-order valence-corrected chi connectivity index (χ3v) is 6.07. The van der Waals surface area contributed by atoms with Crippen molar-refractivity contribution in [2.75, 3.05) is 0 Å². The van der Waals surface area contributed by atoms with Crippen LogP contribution in [-0.4, -0.2) is 19.5 Å². The molecule has 0 fully saturated rings. The molecule has 146 valence electrons. The number of hydrogen-bond donors (Lipinski definition) is 2. The maximum absolute atomic E-state index is 12.7. The third kappa shape index (κ3) is 4.81. The Bertz CT molecular complexity index is 1060. The van der Waals surface area contributed by atoms with E-state index in [2.05, 4.69) is 4.72 Å². The van der Waals surface area contributed by atoms with E-state index in [0.29, 0.717) is 24.2 Å². The maximum atomic E-state index is 12.7. The Morgan fingerprint density at radius 2 is 1.82 bits per heavy atom. The summed E-state index contributed by atoms with van der Waals surface area (Å²) in [4.78, 5) is 11.4. The molecule has 2 aromatic carbocycles. The zero-order valence-electron chi connectivity index (χ0n) is 14.8. The fourth-order valence-corrected chi connectivity index (χ4v) is 4.36. The van der Waals surface area contributed by atoms with Crippen LogP contribution in [0.2, 0.25) is 5.02 Å². The van der Waals surface area contributed by atoms with Crippen molar-refractivity contribution in [3.63, 3.8) is 0 Å². The minimum atomic E-state index is -3.98. The van der Waals surface area contributed by atoms with Gasteiger partial charge in [0.25, 0.3) is 0 Å². The molecule has 0 spiro atoms. The SMILES string of the molecule is O=C(O)c1cc(S(=O)(=O)NCc2ccccc2)c(Cl)cc1CCc1ccco1. The number of carboxylic acids is 1. The van der Waals surface area contributed by atoms with Gasteiger partial charge in [0.1, 0.15) is 10.7 Å². The van der Waals surface area contributed by atoms with Crippen molar-refractivity contribution in [2.45, 2.75) is 24.3 Å². The fraction of sp³-hybridized carbons (Fsp3) is 0.150. The number of hydrogen-bond acceptors (Lipinski definition) is 4. The Kier molecular flexibility index (Phi) is 6.18. The summed E-state index contributed by atoms with van der Waals surface area (Å²) in [7, 11) is -3.98. The summed E-state index contributed by atoms with van der Waals surface area (Å²) >= 11 is 6.20. The van der Waals surface area contributed by atoms with Gasteiger partial charge in [0.15, 0.2) is 0 Å². The molecule has 3 rings (SSSR count). The molecule has 0 amide bonds. The van der Waals surface area contributed by atoms with E-state index in [-0.39, 0.29) is 22.0 Å². The van der Waals surface area contributed by atoms with Crippen LogP contribution in [0.25, 0.3) is 0 Å². The monoisotopic (exact) mass is 419 g/mol. The van der Waals surface area contributed by atoms with Crippen molar-refractivity contribution in [3.05, 3.63) is 88.3 Å². The fourth-order valence-electron chi connectivity index (χ4n) is 2.77. The number of furan rings is 1. The Hall–Kier alpha value is -2.61. The van der Waals surface area contributed by atoms with Gasteiger partial charge in [-0.05, 0) is 41.8 Å². The van der Waals surface area contributed by atoms with Gasteiger partial charge in [-0.3, -0.25) is 0 Å². The molecule has 8 heteroatoms. The van der Waals surface area contributed by atoms with Gasteiger partial charge >= 0.3 is 5.97 Å². The van der Waals surface area contributed by atoms with E-state index >= 15 is 0 Å². The molecule has 0 radical (unpaired) electrons. The molecular weight excluding hydrogens is 402 g/mol. The van der Waals surface area contributed by atoms with Crippen molar-refractivity contribution in [2.24, 2.45) is 0 Å². The van der Waals surface area contributed by atoms with E-state index in [1.54, 1.807) is 36.4 Å². The first-order valence-electron chi connectivity index (χ1n) is 8.48. The Balaban J connectivity index is 1.86. The second kappa shape index (κ2) is 8.60. The average Bonchev–Trinajstić information content (AvgIpc) is 3.19. The molecule has 0 saturated carbocycles. The Labute approximate surface area is 167 Å². The van der Waals surface area contributed by atoms with Crippen LogP contribution in [0.4, 0.5) is 0 Å². The van der Waals surface area contributed by atoms with E-state index in [1.165, 1.54) is 12.3 Å². The van der Waals surface area contributed by atoms with Crippen molar-refractivity contribution >= 4 is 27.6 Å². The molecule has 1 heterocycles. The van der Waals surface area contributed by atoms with Gasteiger partial charge in [-0.2, -0.15) is 0 Å².